The molecular formula is C12H19F3N2O5S. The number of rotatable bonds is 3. The molecule has 23 heavy (non-hydrogen) atoms. The van der Waals surface area contributed by atoms with Crippen molar-refractivity contribution in [3.8, 4) is 0 Å². The quantitative estimate of drug-likeness (QED) is 0.674. The molecule has 2 atom stereocenters. The summed E-state index contributed by atoms with van der Waals surface area (Å²) < 4.78 is 75.7. The third kappa shape index (κ3) is 4.14. The molecule has 7 nitrogen and oxygen atoms in total. The molecule has 0 saturated carbocycles. The van der Waals surface area contributed by atoms with Crippen molar-refractivity contribution in [2.75, 3.05) is 46.5 Å². The maximum absolute atomic E-state index is 13.1. The van der Waals surface area contributed by atoms with Crippen molar-refractivity contribution in [1.82, 2.24) is 8.61 Å². The first kappa shape index (κ1) is 18.4. The first-order valence-electron chi connectivity index (χ1n) is 7.13. The summed E-state index contributed by atoms with van der Waals surface area (Å²) in [6, 6.07) is 0. The van der Waals surface area contributed by atoms with Crippen molar-refractivity contribution < 1.29 is 35.9 Å². The van der Waals surface area contributed by atoms with Crippen molar-refractivity contribution in [3.05, 3.63) is 0 Å². The molecule has 11 heteroatoms. The Balaban J connectivity index is 2.23. The number of morpholine rings is 1. The van der Waals surface area contributed by atoms with Crippen LogP contribution in [0.3, 0.4) is 0 Å². The van der Waals surface area contributed by atoms with Gasteiger partial charge >= 0.3 is 12.1 Å². The van der Waals surface area contributed by atoms with E-state index < -0.39 is 47.2 Å². The van der Waals surface area contributed by atoms with Gasteiger partial charge in [-0.3, -0.25) is 4.79 Å². The molecule has 0 bridgehead atoms. The normalized spacial score (nSPS) is 28.5. The van der Waals surface area contributed by atoms with Gasteiger partial charge in [-0.05, 0) is 6.42 Å². The summed E-state index contributed by atoms with van der Waals surface area (Å²) in [5.41, 5.74) is 0. The fraction of sp³-hybridized carbons (Fsp3) is 0.917. The largest absolute Gasteiger partial charge is 0.469 e. The van der Waals surface area contributed by atoms with E-state index in [2.05, 4.69) is 4.74 Å². The molecular weight excluding hydrogens is 341 g/mol. The number of alkyl halides is 3. The number of piperidine rings is 1. The van der Waals surface area contributed by atoms with Crippen LogP contribution in [0.2, 0.25) is 0 Å². The molecule has 0 aromatic carbocycles. The molecule has 2 fully saturated rings. The molecule has 2 heterocycles. The molecule has 2 aliphatic heterocycles. The molecule has 0 aromatic rings. The number of nitrogens with zero attached hydrogens (tertiary/aromatic N) is 2. The number of methoxy groups -OCH3 is 1. The molecule has 134 valence electrons. The minimum atomic E-state index is -4.58. The van der Waals surface area contributed by atoms with Gasteiger partial charge in [-0.15, -0.1) is 0 Å². The second-order valence-electron chi connectivity index (χ2n) is 5.53. The van der Waals surface area contributed by atoms with E-state index in [0.717, 1.165) is 15.7 Å². The number of hydrogen-bond donors (Lipinski definition) is 0. The SMILES string of the molecule is COC(=O)C1CC(C(F)(F)F)CN(S(=O)(=O)N2CCOCC2)C1. The standard InChI is InChI=1S/C12H19F3N2O5S/c1-21-11(18)9-6-10(12(13,14)15)8-17(7-9)23(19,20)16-2-4-22-5-3-16/h9-10H,2-8H2,1H3. The van der Waals surface area contributed by atoms with E-state index in [4.69, 9.17) is 4.74 Å². The van der Waals surface area contributed by atoms with E-state index >= 15 is 0 Å². The van der Waals surface area contributed by atoms with Gasteiger partial charge < -0.3 is 9.47 Å². The monoisotopic (exact) mass is 360 g/mol. The van der Waals surface area contributed by atoms with E-state index in [1.54, 1.807) is 0 Å². The van der Waals surface area contributed by atoms with Crippen molar-refractivity contribution >= 4 is 16.2 Å². The summed E-state index contributed by atoms with van der Waals surface area (Å²) in [5.74, 6) is -3.85. The van der Waals surface area contributed by atoms with E-state index in [1.165, 1.54) is 0 Å². The zero-order chi connectivity index (χ0) is 17.3. The van der Waals surface area contributed by atoms with Gasteiger partial charge in [-0.2, -0.15) is 30.2 Å². The minimum absolute atomic E-state index is 0.0818. The van der Waals surface area contributed by atoms with Gasteiger partial charge in [0.2, 0.25) is 0 Å². The van der Waals surface area contributed by atoms with Gasteiger partial charge in [-0.1, -0.05) is 0 Å². The van der Waals surface area contributed by atoms with Crippen LogP contribution in [-0.2, 0) is 24.5 Å². The van der Waals surface area contributed by atoms with Crippen LogP contribution in [0, 0.1) is 11.8 Å². The van der Waals surface area contributed by atoms with Gasteiger partial charge in [0.15, 0.2) is 0 Å². The zero-order valence-corrected chi connectivity index (χ0v) is 13.4. The third-order valence-corrected chi connectivity index (χ3v) is 6.01. The van der Waals surface area contributed by atoms with Gasteiger partial charge in [0, 0.05) is 26.2 Å². The van der Waals surface area contributed by atoms with E-state index in [1.807, 2.05) is 0 Å². The third-order valence-electron chi connectivity index (χ3n) is 4.04. The molecule has 0 aliphatic carbocycles. The molecule has 2 aliphatic rings. The van der Waals surface area contributed by atoms with Gasteiger partial charge in [0.25, 0.3) is 10.2 Å². The lowest BCUT2D eigenvalue weighted by Crippen LogP contribution is -2.55. The second-order valence-corrected chi connectivity index (χ2v) is 7.46. The number of hydrogen-bond acceptors (Lipinski definition) is 5. The van der Waals surface area contributed by atoms with Crippen LogP contribution in [0.15, 0.2) is 0 Å². The highest BCUT2D eigenvalue weighted by molar-refractivity contribution is 7.86. The van der Waals surface area contributed by atoms with E-state index in [9.17, 15) is 26.4 Å². The number of esters is 1. The summed E-state index contributed by atoms with van der Waals surface area (Å²) in [4.78, 5) is 11.6. The first-order valence-corrected chi connectivity index (χ1v) is 8.53. The predicted molar refractivity (Wildman–Crippen MR) is 72.6 cm³/mol. The average molecular weight is 360 g/mol. The predicted octanol–water partition coefficient (Wildman–Crippen LogP) is 0.237. The zero-order valence-electron chi connectivity index (χ0n) is 12.6. The van der Waals surface area contributed by atoms with Crippen LogP contribution >= 0.6 is 0 Å². The summed E-state index contributed by atoms with van der Waals surface area (Å²) >= 11 is 0. The Morgan fingerprint density at radius 3 is 2.30 bits per heavy atom. The molecule has 0 radical (unpaired) electrons. The number of ether oxygens (including phenoxy) is 2. The minimum Gasteiger partial charge on any atom is -0.469 e. The lowest BCUT2D eigenvalue weighted by Gasteiger charge is -2.39. The van der Waals surface area contributed by atoms with Gasteiger partial charge in [-0.25, -0.2) is 0 Å². The Kier molecular flexibility index (Phi) is 5.54. The fourth-order valence-corrected chi connectivity index (χ4v) is 4.44. The van der Waals surface area contributed by atoms with Crippen LogP contribution in [0.1, 0.15) is 6.42 Å². The molecule has 2 rings (SSSR count). The Hall–Kier alpha value is -0.910. The summed E-state index contributed by atoms with van der Waals surface area (Å²) in [7, 11) is -3.00. The Bertz CT molecular complexity index is 533. The van der Waals surface area contributed by atoms with Crippen molar-refractivity contribution in [2.24, 2.45) is 11.8 Å². The highest BCUT2D eigenvalue weighted by Crippen LogP contribution is 2.37. The Morgan fingerprint density at radius 1 is 1.17 bits per heavy atom. The van der Waals surface area contributed by atoms with Crippen molar-refractivity contribution in [1.29, 1.82) is 0 Å². The van der Waals surface area contributed by atoms with Crippen molar-refractivity contribution in [3.63, 3.8) is 0 Å². The summed E-state index contributed by atoms with van der Waals surface area (Å²) in [5, 5.41) is 0. The maximum atomic E-state index is 13.1. The van der Waals surface area contributed by atoms with E-state index in [-0.39, 0.29) is 32.8 Å². The fourth-order valence-electron chi connectivity index (χ4n) is 2.76. The molecule has 2 saturated heterocycles. The summed E-state index contributed by atoms with van der Waals surface area (Å²) in [6.07, 6.45) is -5.04. The first-order chi connectivity index (χ1) is 10.7. The smallest absolute Gasteiger partial charge is 0.393 e. The Morgan fingerprint density at radius 2 is 1.78 bits per heavy atom. The molecule has 0 N–H and O–H groups in total. The highest BCUT2D eigenvalue weighted by atomic mass is 32.2. The topological polar surface area (TPSA) is 76.2 Å². The number of halogens is 3. The van der Waals surface area contributed by atoms with Crippen LogP contribution in [0.5, 0.6) is 0 Å². The second kappa shape index (κ2) is 6.91. The van der Waals surface area contributed by atoms with Crippen LogP contribution in [0.25, 0.3) is 0 Å². The van der Waals surface area contributed by atoms with Gasteiger partial charge in [0.05, 0.1) is 32.2 Å². The number of carbonyl (C=O) groups excluding carboxylic acids is 1. The van der Waals surface area contributed by atoms with E-state index in [0.29, 0.717) is 0 Å². The molecule has 2 unspecified atom stereocenters. The lowest BCUT2D eigenvalue weighted by molar-refractivity contribution is -0.190. The number of carbonyl (C=O) groups is 1. The summed E-state index contributed by atoms with van der Waals surface area (Å²) in [6.45, 7) is -0.446. The molecule has 0 aromatic heterocycles. The lowest BCUT2D eigenvalue weighted by atomic mass is 9.90. The molecule has 0 amide bonds. The Labute approximate surface area is 132 Å². The average Bonchev–Trinajstić information content (AvgIpc) is 2.53. The van der Waals surface area contributed by atoms with Crippen LogP contribution < -0.4 is 0 Å². The highest BCUT2D eigenvalue weighted by Gasteiger charge is 2.49. The maximum Gasteiger partial charge on any atom is 0.393 e. The van der Waals surface area contributed by atoms with Crippen molar-refractivity contribution in [2.45, 2.75) is 12.6 Å². The molecule has 0 spiro atoms. The van der Waals surface area contributed by atoms with Gasteiger partial charge in [0.1, 0.15) is 0 Å². The van der Waals surface area contributed by atoms with Crippen LogP contribution in [-0.4, -0.2) is 75.7 Å². The van der Waals surface area contributed by atoms with Crippen LogP contribution in [0.4, 0.5) is 13.2 Å².